The number of anilines is 1. The Hall–Kier alpha value is -1.02. The van der Waals surface area contributed by atoms with Crippen LogP contribution in [0, 0.1) is 18.8 Å². The molecule has 2 heteroatoms. The second-order valence-corrected chi connectivity index (χ2v) is 5.46. The maximum Gasteiger partial charge on any atom is 0.0370 e. The normalized spacial score (nSPS) is 25.1. The molecule has 0 bridgehead atoms. The van der Waals surface area contributed by atoms with Crippen LogP contribution in [0.1, 0.15) is 19.4 Å². The van der Waals surface area contributed by atoms with Crippen LogP contribution in [0.4, 0.5) is 5.69 Å². The van der Waals surface area contributed by atoms with E-state index in [0.717, 1.165) is 24.9 Å². The Bertz CT molecular complexity index is 352. The molecule has 2 nitrogen and oxygen atoms in total. The first-order chi connectivity index (χ1) is 8.16. The van der Waals surface area contributed by atoms with Gasteiger partial charge in [0.1, 0.15) is 0 Å². The van der Waals surface area contributed by atoms with Crippen molar-refractivity contribution >= 4 is 5.69 Å². The Kier molecular flexibility index (Phi) is 4.06. The number of nitrogens with one attached hydrogen (secondary N) is 1. The Morgan fingerprint density at radius 3 is 2.47 bits per heavy atom. The first-order valence-electron chi connectivity index (χ1n) is 6.68. The molecular weight excluding hydrogens is 208 g/mol. The van der Waals surface area contributed by atoms with E-state index >= 15 is 0 Å². The summed E-state index contributed by atoms with van der Waals surface area (Å²) in [4.78, 5) is 2.57. The highest BCUT2D eigenvalue weighted by molar-refractivity contribution is 5.50. The molecule has 0 radical (unpaired) electrons. The third-order valence-electron chi connectivity index (χ3n) is 3.95. The third kappa shape index (κ3) is 3.22. The molecule has 94 valence electrons. The molecule has 2 rings (SSSR count). The fourth-order valence-electron chi connectivity index (χ4n) is 2.55. The fourth-order valence-corrected chi connectivity index (χ4v) is 2.55. The van der Waals surface area contributed by atoms with Crippen molar-refractivity contribution in [3.8, 4) is 0 Å². The second-order valence-electron chi connectivity index (χ2n) is 5.46. The lowest BCUT2D eigenvalue weighted by Gasteiger charge is -2.16. The Labute approximate surface area is 105 Å². The second kappa shape index (κ2) is 5.54. The molecular formula is C15H24N2. The number of aryl methyl sites for hydroxylation is 1. The summed E-state index contributed by atoms with van der Waals surface area (Å²) in [5.41, 5.74) is 2.60. The molecule has 1 aromatic rings. The summed E-state index contributed by atoms with van der Waals surface area (Å²) in [7, 11) is 0. The van der Waals surface area contributed by atoms with E-state index in [4.69, 9.17) is 0 Å². The molecule has 1 fully saturated rings. The van der Waals surface area contributed by atoms with Crippen molar-refractivity contribution < 1.29 is 0 Å². The number of hydrogen-bond donors (Lipinski definition) is 1. The van der Waals surface area contributed by atoms with Gasteiger partial charge in [-0.05, 0) is 30.4 Å². The highest BCUT2D eigenvalue weighted by Crippen LogP contribution is 2.21. The maximum absolute atomic E-state index is 3.53. The number of benzene rings is 1. The van der Waals surface area contributed by atoms with E-state index in [0.29, 0.717) is 0 Å². The van der Waals surface area contributed by atoms with Crippen LogP contribution >= 0.6 is 0 Å². The summed E-state index contributed by atoms with van der Waals surface area (Å²) < 4.78 is 0. The van der Waals surface area contributed by atoms with Crippen molar-refractivity contribution in [3.63, 3.8) is 0 Å². The van der Waals surface area contributed by atoms with Gasteiger partial charge in [0.2, 0.25) is 0 Å². The molecule has 0 spiro atoms. The van der Waals surface area contributed by atoms with Gasteiger partial charge in [0.15, 0.2) is 0 Å². The Morgan fingerprint density at radius 1 is 1.18 bits per heavy atom. The van der Waals surface area contributed by atoms with Crippen molar-refractivity contribution in [1.29, 1.82) is 0 Å². The van der Waals surface area contributed by atoms with Crippen LogP contribution in [0.2, 0.25) is 0 Å². The largest absolute Gasteiger partial charge is 0.384 e. The van der Waals surface area contributed by atoms with Crippen molar-refractivity contribution in [3.05, 3.63) is 29.8 Å². The Morgan fingerprint density at radius 2 is 1.82 bits per heavy atom. The summed E-state index contributed by atoms with van der Waals surface area (Å²) in [6, 6.07) is 8.49. The summed E-state index contributed by atoms with van der Waals surface area (Å²) in [6.45, 7) is 11.6. The zero-order valence-electron chi connectivity index (χ0n) is 11.2. The summed E-state index contributed by atoms with van der Waals surface area (Å²) in [5, 5.41) is 3.53. The van der Waals surface area contributed by atoms with Gasteiger partial charge in [-0.3, -0.25) is 0 Å². The molecule has 0 saturated carbocycles. The minimum Gasteiger partial charge on any atom is -0.384 e. The molecule has 17 heavy (non-hydrogen) atoms. The van der Waals surface area contributed by atoms with Gasteiger partial charge in [-0.25, -0.2) is 0 Å². The van der Waals surface area contributed by atoms with Gasteiger partial charge in [0, 0.05) is 31.9 Å². The number of para-hydroxylation sites is 1. The van der Waals surface area contributed by atoms with E-state index in [2.05, 4.69) is 55.3 Å². The molecule has 1 aliphatic heterocycles. The highest BCUT2D eigenvalue weighted by Gasteiger charge is 2.25. The van der Waals surface area contributed by atoms with Gasteiger partial charge < -0.3 is 10.2 Å². The van der Waals surface area contributed by atoms with E-state index in [1.54, 1.807) is 0 Å². The summed E-state index contributed by atoms with van der Waals surface area (Å²) in [5.74, 6) is 1.71. The van der Waals surface area contributed by atoms with E-state index in [1.165, 1.54) is 24.3 Å². The molecule has 2 unspecified atom stereocenters. The molecule has 1 aliphatic rings. The number of rotatable bonds is 4. The minimum atomic E-state index is 0.855. The quantitative estimate of drug-likeness (QED) is 0.858. The topological polar surface area (TPSA) is 15.3 Å². The molecule has 1 saturated heterocycles. The van der Waals surface area contributed by atoms with Crippen LogP contribution in [0.15, 0.2) is 24.3 Å². The molecule has 1 heterocycles. The fraction of sp³-hybridized carbons (Fsp3) is 0.600. The maximum atomic E-state index is 3.53. The van der Waals surface area contributed by atoms with Crippen molar-refractivity contribution in [2.45, 2.75) is 20.8 Å². The SMILES string of the molecule is Cc1ccccc1NCCN1CC(C)C(C)C1. The van der Waals surface area contributed by atoms with Gasteiger partial charge in [-0.15, -0.1) is 0 Å². The zero-order chi connectivity index (χ0) is 12.3. The molecule has 0 aliphatic carbocycles. The van der Waals surface area contributed by atoms with Gasteiger partial charge >= 0.3 is 0 Å². The van der Waals surface area contributed by atoms with Crippen molar-refractivity contribution in [2.75, 3.05) is 31.5 Å². The van der Waals surface area contributed by atoms with Gasteiger partial charge in [-0.1, -0.05) is 32.0 Å². The van der Waals surface area contributed by atoms with Crippen molar-refractivity contribution in [1.82, 2.24) is 4.90 Å². The van der Waals surface area contributed by atoms with E-state index in [1.807, 2.05) is 0 Å². The first kappa shape index (κ1) is 12.4. The molecule has 1 aromatic carbocycles. The predicted molar refractivity (Wildman–Crippen MR) is 74.4 cm³/mol. The van der Waals surface area contributed by atoms with Crippen LogP contribution < -0.4 is 5.32 Å². The van der Waals surface area contributed by atoms with E-state index < -0.39 is 0 Å². The highest BCUT2D eigenvalue weighted by atomic mass is 15.2. The molecule has 1 N–H and O–H groups in total. The van der Waals surface area contributed by atoms with Crippen LogP contribution in [-0.2, 0) is 0 Å². The van der Waals surface area contributed by atoms with E-state index in [9.17, 15) is 0 Å². The van der Waals surface area contributed by atoms with Gasteiger partial charge in [-0.2, -0.15) is 0 Å². The van der Waals surface area contributed by atoms with Crippen LogP contribution in [0.5, 0.6) is 0 Å². The molecule has 0 aromatic heterocycles. The molecule has 0 amide bonds. The number of likely N-dealkylation sites (tertiary alicyclic amines) is 1. The lowest BCUT2D eigenvalue weighted by molar-refractivity contribution is 0.337. The zero-order valence-corrected chi connectivity index (χ0v) is 11.2. The minimum absolute atomic E-state index is 0.855. The van der Waals surface area contributed by atoms with Gasteiger partial charge in [0.25, 0.3) is 0 Å². The molecule has 2 atom stereocenters. The van der Waals surface area contributed by atoms with Crippen LogP contribution in [0.3, 0.4) is 0 Å². The summed E-state index contributed by atoms with van der Waals surface area (Å²) in [6.07, 6.45) is 0. The monoisotopic (exact) mass is 232 g/mol. The number of nitrogens with zero attached hydrogens (tertiary/aromatic N) is 1. The lowest BCUT2D eigenvalue weighted by Crippen LogP contribution is -2.27. The Balaban J connectivity index is 1.75. The van der Waals surface area contributed by atoms with E-state index in [-0.39, 0.29) is 0 Å². The third-order valence-corrected chi connectivity index (χ3v) is 3.95. The number of hydrogen-bond acceptors (Lipinski definition) is 2. The van der Waals surface area contributed by atoms with Crippen molar-refractivity contribution in [2.24, 2.45) is 11.8 Å². The predicted octanol–water partition coefficient (Wildman–Crippen LogP) is 2.99. The average Bonchev–Trinajstić information content (AvgIpc) is 2.61. The van der Waals surface area contributed by atoms with Crippen LogP contribution in [-0.4, -0.2) is 31.1 Å². The standard InChI is InChI=1S/C15H24N2/c1-12-6-4-5-7-15(12)16-8-9-17-10-13(2)14(3)11-17/h4-7,13-14,16H,8-11H2,1-3H3. The summed E-state index contributed by atoms with van der Waals surface area (Å²) >= 11 is 0. The average molecular weight is 232 g/mol. The first-order valence-corrected chi connectivity index (χ1v) is 6.68. The van der Waals surface area contributed by atoms with Gasteiger partial charge in [0.05, 0.1) is 0 Å². The van der Waals surface area contributed by atoms with Crippen LogP contribution in [0.25, 0.3) is 0 Å². The lowest BCUT2D eigenvalue weighted by atomic mass is 10.0. The smallest absolute Gasteiger partial charge is 0.0370 e.